The van der Waals surface area contributed by atoms with Gasteiger partial charge in [0.15, 0.2) is 0 Å². The lowest BCUT2D eigenvalue weighted by Gasteiger charge is -2.28. The number of H-pyrrole nitrogens is 1. The number of amides is 1. The number of carbonyl (C=O) groups is 1. The second-order valence-electron chi connectivity index (χ2n) is 5.49. The van der Waals surface area contributed by atoms with Crippen molar-refractivity contribution in [3.05, 3.63) is 68.6 Å². The number of nitrogens with zero attached hydrogens (tertiary/aromatic N) is 2. The van der Waals surface area contributed by atoms with Crippen molar-refractivity contribution in [3.8, 4) is 6.07 Å². The number of benzene rings is 1. The highest BCUT2D eigenvalue weighted by Gasteiger charge is 2.26. The van der Waals surface area contributed by atoms with E-state index in [1.54, 1.807) is 0 Å². The third-order valence-electron chi connectivity index (χ3n) is 4.11. The molecule has 0 bridgehead atoms. The van der Waals surface area contributed by atoms with Crippen LogP contribution in [0, 0.1) is 11.3 Å². The molecule has 1 aromatic carbocycles. The van der Waals surface area contributed by atoms with E-state index in [4.69, 9.17) is 0 Å². The smallest absolute Gasteiger partial charge is 0.407 e. The van der Waals surface area contributed by atoms with Gasteiger partial charge in [-0.15, -0.1) is 0 Å². The summed E-state index contributed by atoms with van der Waals surface area (Å²) in [5.74, 6) is 0. The minimum Gasteiger partial charge on any atom is -0.465 e. The van der Waals surface area contributed by atoms with Gasteiger partial charge in [0.2, 0.25) is 0 Å². The second kappa shape index (κ2) is 5.97. The molecule has 1 aliphatic rings. The maximum Gasteiger partial charge on any atom is 0.407 e. The predicted molar refractivity (Wildman–Crippen MR) is 83.2 cm³/mol. The molecule has 2 heterocycles. The summed E-state index contributed by atoms with van der Waals surface area (Å²) in [5.41, 5.74) is 2.82. The van der Waals surface area contributed by atoms with E-state index < -0.39 is 11.7 Å². The zero-order valence-electron chi connectivity index (χ0n) is 12.4. The van der Waals surface area contributed by atoms with Gasteiger partial charge in [0, 0.05) is 18.7 Å². The van der Waals surface area contributed by atoms with Crippen LogP contribution in [0.3, 0.4) is 0 Å². The molecular formula is C17H15N3O3. The van der Waals surface area contributed by atoms with Crippen LogP contribution in [-0.4, -0.2) is 27.6 Å². The lowest BCUT2D eigenvalue weighted by molar-refractivity contribution is 0.139. The second-order valence-corrected chi connectivity index (χ2v) is 5.49. The van der Waals surface area contributed by atoms with Crippen molar-refractivity contribution in [1.29, 1.82) is 5.26 Å². The summed E-state index contributed by atoms with van der Waals surface area (Å²) in [6.07, 6.45) is -0.112. The van der Waals surface area contributed by atoms with Gasteiger partial charge in [0.05, 0.1) is 6.54 Å². The minimum atomic E-state index is -0.994. The summed E-state index contributed by atoms with van der Waals surface area (Å²) in [7, 11) is 0. The monoisotopic (exact) mass is 309 g/mol. The first-order valence-corrected chi connectivity index (χ1v) is 7.29. The number of nitrogens with one attached hydrogen (secondary N) is 1. The number of nitriles is 1. The number of carboxylic acid groups (broad SMARTS) is 1. The van der Waals surface area contributed by atoms with Crippen LogP contribution in [0.2, 0.25) is 0 Å². The highest BCUT2D eigenvalue weighted by Crippen LogP contribution is 2.24. The van der Waals surface area contributed by atoms with Gasteiger partial charge < -0.3 is 15.0 Å². The molecule has 0 atom stereocenters. The average Bonchev–Trinajstić information content (AvgIpc) is 2.55. The molecule has 116 valence electrons. The van der Waals surface area contributed by atoms with Gasteiger partial charge in [-0.25, -0.2) is 4.79 Å². The van der Waals surface area contributed by atoms with Crippen LogP contribution < -0.4 is 5.56 Å². The lowest BCUT2D eigenvalue weighted by atomic mass is 9.92. The third kappa shape index (κ3) is 2.81. The Morgan fingerprint density at radius 1 is 1.30 bits per heavy atom. The average molecular weight is 309 g/mol. The van der Waals surface area contributed by atoms with E-state index in [0.717, 1.165) is 11.1 Å². The molecule has 6 heteroatoms. The van der Waals surface area contributed by atoms with Gasteiger partial charge >= 0.3 is 6.09 Å². The molecule has 1 aliphatic heterocycles. The van der Waals surface area contributed by atoms with Crippen LogP contribution in [0.1, 0.15) is 27.9 Å². The van der Waals surface area contributed by atoms with Crippen molar-refractivity contribution < 1.29 is 9.90 Å². The number of aromatic amines is 1. The predicted octanol–water partition coefficient (Wildman–Crippen LogP) is 1.87. The first kappa shape index (κ1) is 14.9. The van der Waals surface area contributed by atoms with Crippen molar-refractivity contribution in [2.24, 2.45) is 0 Å². The van der Waals surface area contributed by atoms with Gasteiger partial charge in [-0.1, -0.05) is 30.3 Å². The van der Waals surface area contributed by atoms with E-state index in [-0.39, 0.29) is 12.1 Å². The molecule has 23 heavy (non-hydrogen) atoms. The van der Waals surface area contributed by atoms with E-state index in [1.165, 1.54) is 4.90 Å². The molecule has 0 fully saturated rings. The Bertz CT molecular complexity index is 850. The first-order chi connectivity index (χ1) is 11.1. The first-order valence-electron chi connectivity index (χ1n) is 7.29. The lowest BCUT2D eigenvalue weighted by Crippen LogP contribution is -2.37. The fourth-order valence-electron chi connectivity index (χ4n) is 2.96. The van der Waals surface area contributed by atoms with Crippen LogP contribution in [-0.2, 0) is 19.4 Å². The molecule has 1 amide bonds. The maximum atomic E-state index is 12.1. The number of rotatable bonds is 2. The maximum absolute atomic E-state index is 12.1. The molecule has 0 unspecified atom stereocenters. The Hall–Kier alpha value is -3.07. The highest BCUT2D eigenvalue weighted by molar-refractivity contribution is 5.66. The van der Waals surface area contributed by atoms with E-state index >= 15 is 0 Å². The van der Waals surface area contributed by atoms with Gasteiger partial charge in [-0.2, -0.15) is 5.26 Å². The van der Waals surface area contributed by atoms with E-state index in [9.17, 15) is 20.0 Å². The zero-order chi connectivity index (χ0) is 16.4. The molecule has 2 N–H and O–H groups in total. The van der Waals surface area contributed by atoms with Crippen molar-refractivity contribution in [1.82, 2.24) is 9.88 Å². The van der Waals surface area contributed by atoms with Crippen molar-refractivity contribution in [2.45, 2.75) is 19.4 Å². The number of aromatic nitrogens is 1. The largest absolute Gasteiger partial charge is 0.465 e. The van der Waals surface area contributed by atoms with Crippen molar-refractivity contribution >= 4 is 6.09 Å². The Morgan fingerprint density at radius 2 is 2.04 bits per heavy atom. The number of pyridine rings is 1. The molecule has 0 radical (unpaired) electrons. The SMILES string of the molecule is N#Cc1c2c(c(Cc3ccccc3)[nH]c1=O)CN(C(=O)O)CC2. The number of hydrogen-bond acceptors (Lipinski definition) is 3. The Morgan fingerprint density at radius 3 is 2.70 bits per heavy atom. The van der Waals surface area contributed by atoms with Crippen molar-refractivity contribution in [3.63, 3.8) is 0 Å². The number of fused-ring (bicyclic) bond motifs is 1. The quantitative estimate of drug-likeness (QED) is 0.885. The van der Waals surface area contributed by atoms with Gasteiger partial charge in [-0.3, -0.25) is 4.79 Å². The van der Waals surface area contributed by atoms with Crippen LogP contribution in [0.25, 0.3) is 0 Å². The summed E-state index contributed by atoms with van der Waals surface area (Å²) in [4.78, 5) is 27.5. The third-order valence-corrected chi connectivity index (χ3v) is 4.11. The summed E-state index contributed by atoms with van der Waals surface area (Å²) in [5, 5.41) is 18.4. The molecule has 2 aromatic rings. The fourth-order valence-corrected chi connectivity index (χ4v) is 2.96. The molecule has 0 saturated carbocycles. The molecule has 0 saturated heterocycles. The van der Waals surface area contributed by atoms with Crippen LogP contribution in [0.15, 0.2) is 35.1 Å². The number of hydrogen-bond donors (Lipinski definition) is 2. The summed E-state index contributed by atoms with van der Waals surface area (Å²) >= 11 is 0. The van der Waals surface area contributed by atoms with Crippen molar-refractivity contribution in [2.75, 3.05) is 6.54 Å². The highest BCUT2D eigenvalue weighted by atomic mass is 16.4. The normalized spacial score (nSPS) is 13.3. The Balaban J connectivity index is 2.10. The molecule has 0 aliphatic carbocycles. The van der Waals surface area contributed by atoms with Crippen LogP contribution in [0.5, 0.6) is 0 Å². The molecule has 0 spiro atoms. The minimum absolute atomic E-state index is 0.0989. The van der Waals surface area contributed by atoms with E-state index in [2.05, 4.69) is 4.98 Å². The molecular weight excluding hydrogens is 294 g/mol. The Kier molecular flexibility index (Phi) is 3.85. The zero-order valence-corrected chi connectivity index (χ0v) is 12.4. The van der Waals surface area contributed by atoms with Crippen LogP contribution in [0.4, 0.5) is 4.79 Å². The summed E-state index contributed by atoms with van der Waals surface area (Å²) < 4.78 is 0. The molecule has 3 rings (SSSR count). The fraction of sp³-hybridized carbons (Fsp3) is 0.235. The van der Waals surface area contributed by atoms with Gasteiger partial charge in [0.25, 0.3) is 5.56 Å². The van der Waals surface area contributed by atoms with E-state index in [0.29, 0.717) is 30.6 Å². The topological polar surface area (TPSA) is 97.2 Å². The standard InChI is InChI=1S/C17H15N3O3/c18-9-13-12-6-7-20(17(22)23)10-14(12)15(19-16(13)21)8-11-4-2-1-3-5-11/h1-5H,6-8,10H2,(H,19,21)(H,22,23). The van der Waals surface area contributed by atoms with Gasteiger partial charge in [-0.05, 0) is 23.1 Å². The van der Waals surface area contributed by atoms with Gasteiger partial charge in [0.1, 0.15) is 11.6 Å². The molecule has 1 aromatic heterocycles. The summed E-state index contributed by atoms with van der Waals surface area (Å²) in [6.45, 7) is 0.490. The Labute approximate surface area is 132 Å². The molecule has 6 nitrogen and oxygen atoms in total. The summed E-state index contributed by atoms with van der Waals surface area (Å²) in [6, 6.07) is 11.6. The van der Waals surface area contributed by atoms with Crippen LogP contribution >= 0.6 is 0 Å². The van der Waals surface area contributed by atoms with E-state index in [1.807, 2.05) is 36.4 Å².